The first-order chi connectivity index (χ1) is 13.0. The number of fused-ring (bicyclic) bond motifs is 3. The minimum absolute atomic E-state index is 0.0684. The second kappa shape index (κ2) is 5.45. The van der Waals surface area contributed by atoms with Gasteiger partial charge >= 0.3 is 0 Å². The number of imide groups is 1. The van der Waals surface area contributed by atoms with Crippen molar-refractivity contribution < 1.29 is 19.3 Å². The number of rotatable bonds is 2. The fourth-order valence-corrected chi connectivity index (χ4v) is 5.24. The Morgan fingerprint density at radius 2 is 1.63 bits per heavy atom. The molecule has 2 aromatic rings. The van der Waals surface area contributed by atoms with Gasteiger partial charge in [-0.1, -0.05) is 18.2 Å². The number of nitro benzene ring substituents is 1. The number of ketones is 1. The van der Waals surface area contributed by atoms with E-state index in [-0.39, 0.29) is 35.1 Å². The van der Waals surface area contributed by atoms with Gasteiger partial charge in [-0.25, -0.2) is 4.90 Å². The van der Waals surface area contributed by atoms with Crippen LogP contribution in [0.25, 0.3) is 10.8 Å². The molecular formula is C20H16N2O5. The Morgan fingerprint density at radius 1 is 0.926 bits per heavy atom. The summed E-state index contributed by atoms with van der Waals surface area (Å²) in [6, 6.07) is 9.51. The molecule has 0 unspecified atom stereocenters. The second-order valence-corrected chi connectivity index (χ2v) is 7.58. The molecule has 4 fully saturated rings. The molecule has 2 aromatic carbocycles. The van der Waals surface area contributed by atoms with Gasteiger partial charge in [0.15, 0.2) is 0 Å². The van der Waals surface area contributed by atoms with Crippen LogP contribution in [-0.4, -0.2) is 22.5 Å². The van der Waals surface area contributed by atoms with Crippen LogP contribution in [0.2, 0.25) is 0 Å². The van der Waals surface area contributed by atoms with Gasteiger partial charge < -0.3 is 0 Å². The van der Waals surface area contributed by atoms with Crippen molar-refractivity contribution in [2.45, 2.75) is 19.3 Å². The Kier molecular flexibility index (Phi) is 3.25. The van der Waals surface area contributed by atoms with Gasteiger partial charge in [-0.15, -0.1) is 0 Å². The van der Waals surface area contributed by atoms with E-state index in [9.17, 15) is 24.5 Å². The standard InChI is InChI=1S/C20H16N2O5/c23-16-9-10-5-6-13(16)18-17(10)19(24)21(20(18)25)14-7-8-15(22(26)27)12-4-2-1-3-11(12)14/h1-4,7-8,10,13,17-18H,5-6,9H2/t10-,13+,17+,18-/m0/s1. The normalized spacial score (nSPS) is 29.5. The highest BCUT2D eigenvalue weighted by Crippen LogP contribution is 2.52. The van der Waals surface area contributed by atoms with E-state index in [1.165, 1.54) is 17.0 Å². The summed E-state index contributed by atoms with van der Waals surface area (Å²) in [5.41, 5.74) is 0.300. The van der Waals surface area contributed by atoms with E-state index in [0.717, 1.165) is 6.42 Å². The first-order valence-corrected chi connectivity index (χ1v) is 9.05. The molecule has 1 aliphatic heterocycles. The van der Waals surface area contributed by atoms with Crippen molar-refractivity contribution >= 4 is 39.7 Å². The predicted octanol–water partition coefficient (Wildman–Crippen LogP) is 2.85. The maximum absolute atomic E-state index is 13.2. The van der Waals surface area contributed by atoms with Crippen LogP contribution in [0.1, 0.15) is 19.3 Å². The summed E-state index contributed by atoms with van der Waals surface area (Å²) in [6.07, 6.45) is 1.84. The Hall–Kier alpha value is -3.09. The molecule has 2 bridgehead atoms. The predicted molar refractivity (Wildman–Crippen MR) is 95.9 cm³/mol. The monoisotopic (exact) mass is 364 g/mol. The molecule has 0 radical (unpaired) electrons. The van der Waals surface area contributed by atoms with E-state index in [4.69, 9.17) is 0 Å². The summed E-state index contributed by atoms with van der Waals surface area (Å²) < 4.78 is 0. The van der Waals surface area contributed by atoms with Crippen LogP contribution in [0.4, 0.5) is 11.4 Å². The van der Waals surface area contributed by atoms with Crippen LogP contribution in [0.5, 0.6) is 0 Å². The number of hydrogen-bond donors (Lipinski definition) is 0. The molecule has 136 valence electrons. The fraction of sp³-hybridized carbons (Fsp3) is 0.350. The Morgan fingerprint density at radius 3 is 2.33 bits per heavy atom. The third-order valence-electron chi connectivity index (χ3n) is 6.38. The van der Waals surface area contributed by atoms with Gasteiger partial charge in [0.2, 0.25) is 11.8 Å². The lowest BCUT2D eigenvalue weighted by molar-refractivity contribution is -0.383. The number of hydrogen-bond acceptors (Lipinski definition) is 5. The molecule has 1 saturated heterocycles. The van der Waals surface area contributed by atoms with E-state index in [1.54, 1.807) is 24.3 Å². The molecule has 3 saturated carbocycles. The number of Topliss-reactive ketones (excluding diaryl/α,β-unsaturated/α-hetero) is 1. The Labute approximate surface area is 154 Å². The number of amides is 2. The van der Waals surface area contributed by atoms with Crippen LogP contribution in [0.3, 0.4) is 0 Å². The van der Waals surface area contributed by atoms with Gasteiger partial charge in [0.05, 0.1) is 27.8 Å². The molecule has 7 heteroatoms. The molecule has 1 heterocycles. The molecule has 3 aliphatic carbocycles. The molecule has 7 nitrogen and oxygen atoms in total. The van der Waals surface area contributed by atoms with Crippen LogP contribution in [-0.2, 0) is 14.4 Å². The Bertz CT molecular complexity index is 1050. The number of non-ortho nitro benzene ring substituents is 1. The average molecular weight is 364 g/mol. The van der Waals surface area contributed by atoms with Crippen LogP contribution in [0, 0.1) is 33.8 Å². The molecule has 0 aromatic heterocycles. The van der Waals surface area contributed by atoms with Gasteiger partial charge in [-0.3, -0.25) is 24.5 Å². The van der Waals surface area contributed by atoms with E-state index >= 15 is 0 Å². The van der Waals surface area contributed by atoms with Gasteiger partial charge in [-0.05, 0) is 30.9 Å². The third kappa shape index (κ3) is 2.05. The zero-order valence-electron chi connectivity index (χ0n) is 14.3. The number of anilines is 1. The third-order valence-corrected chi connectivity index (χ3v) is 6.38. The maximum atomic E-state index is 13.2. The molecule has 2 amide bonds. The molecule has 27 heavy (non-hydrogen) atoms. The fourth-order valence-electron chi connectivity index (χ4n) is 5.24. The van der Waals surface area contributed by atoms with E-state index in [1.807, 2.05) is 0 Å². The zero-order chi connectivity index (χ0) is 18.9. The largest absolute Gasteiger partial charge is 0.299 e. The van der Waals surface area contributed by atoms with Crippen molar-refractivity contribution in [2.24, 2.45) is 23.7 Å². The first kappa shape index (κ1) is 16.1. The van der Waals surface area contributed by atoms with E-state index in [2.05, 4.69) is 0 Å². The van der Waals surface area contributed by atoms with Crippen molar-refractivity contribution in [3.05, 3.63) is 46.5 Å². The lowest BCUT2D eigenvalue weighted by Crippen LogP contribution is -2.46. The summed E-state index contributed by atoms with van der Waals surface area (Å²) in [5.74, 6) is -1.99. The van der Waals surface area contributed by atoms with Crippen molar-refractivity contribution in [3.63, 3.8) is 0 Å². The van der Waals surface area contributed by atoms with Gasteiger partial charge in [0.1, 0.15) is 5.78 Å². The second-order valence-electron chi connectivity index (χ2n) is 7.58. The highest BCUT2D eigenvalue weighted by atomic mass is 16.6. The van der Waals surface area contributed by atoms with Crippen molar-refractivity contribution in [1.82, 2.24) is 0 Å². The quantitative estimate of drug-likeness (QED) is 0.464. The summed E-state index contributed by atoms with van der Waals surface area (Å²) in [4.78, 5) is 50.6. The van der Waals surface area contributed by atoms with Crippen LogP contribution < -0.4 is 4.90 Å². The lowest BCUT2D eigenvalue weighted by Gasteiger charge is -2.41. The van der Waals surface area contributed by atoms with Gasteiger partial charge in [0.25, 0.3) is 5.69 Å². The van der Waals surface area contributed by atoms with Crippen molar-refractivity contribution in [1.29, 1.82) is 0 Å². The summed E-state index contributed by atoms with van der Waals surface area (Å²) in [5, 5.41) is 12.2. The molecule has 4 aliphatic rings. The zero-order valence-corrected chi connectivity index (χ0v) is 14.3. The molecule has 6 rings (SSSR count). The van der Waals surface area contributed by atoms with Crippen LogP contribution >= 0.6 is 0 Å². The minimum atomic E-state index is -0.577. The maximum Gasteiger partial charge on any atom is 0.277 e. The number of nitrogens with zero attached hydrogens (tertiary/aromatic N) is 2. The Balaban J connectivity index is 1.67. The lowest BCUT2D eigenvalue weighted by atomic mass is 9.59. The number of carbonyl (C=O) groups is 3. The summed E-state index contributed by atoms with van der Waals surface area (Å²) in [6.45, 7) is 0. The molecule has 0 N–H and O–H groups in total. The highest BCUT2D eigenvalue weighted by molar-refractivity contribution is 6.26. The molecular weight excluding hydrogens is 348 g/mol. The van der Waals surface area contributed by atoms with Gasteiger partial charge in [-0.2, -0.15) is 0 Å². The molecule has 4 atom stereocenters. The summed E-state index contributed by atoms with van der Waals surface area (Å²) >= 11 is 0. The minimum Gasteiger partial charge on any atom is -0.299 e. The topological polar surface area (TPSA) is 97.6 Å². The van der Waals surface area contributed by atoms with Crippen molar-refractivity contribution in [2.75, 3.05) is 4.90 Å². The van der Waals surface area contributed by atoms with Crippen molar-refractivity contribution in [3.8, 4) is 0 Å². The number of nitro groups is 1. The number of carbonyl (C=O) groups excluding carboxylic acids is 3. The van der Waals surface area contributed by atoms with Crippen LogP contribution in [0.15, 0.2) is 36.4 Å². The summed E-state index contributed by atoms with van der Waals surface area (Å²) in [7, 11) is 0. The van der Waals surface area contributed by atoms with E-state index < -0.39 is 16.8 Å². The SMILES string of the molecule is O=C1C[C@@H]2CC[C@H]1[C@@H]1C(=O)N(c3ccc([N+](=O)[O-])c4ccccc34)C(=O)[C@H]21. The smallest absolute Gasteiger partial charge is 0.277 e. The van der Waals surface area contributed by atoms with E-state index in [0.29, 0.717) is 29.3 Å². The van der Waals surface area contributed by atoms with Gasteiger partial charge in [0, 0.05) is 23.8 Å². The first-order valence-electron chi connectivity index (χ1n) is 9.05. The molecule has 0 spiro atoms. The highest BCUT2D eigenvalue weighted by Gasteiger charge is 2.61. The average Bonchev–Trinajstić information content (AvgIpc) is 2.93. The number of benzene rings is 2.